The molecule has 4 N–H and O–H groups in total. The first kappa shape index (κ1) is 49.3. The lowest BCUT2D eigenvalue weighted by atomic mass is 9.70. The SMILES string of the molecule is CCCCCCC(O)(CCCCCC)[C@@H](NC(=O)C1(C(=O)N[C@@H](c2cccc3ccccc23)C(O)(CCCCCC)CCCCCC)CCCCC1)c1cccc2ccccc12. The third kappa shape index (κ3) is 12.7. The summed E-state index contributed by atoms with van der Waals surface area (Å²) < 4.78 is 0. The molecule has 0 radical (unpaired) electrons. The van der Waals surface area contributed by atoms with Gasteiger partial charge < -0.3 is 20.8 Å². The number of rotatable bonds is 28. The monoisotopic (exact) mass is 847 g/mol. The Morgan fingerprint density at radius 1 is 0.484 bits per heavy atom. The van der Waals surface area contributed by atoms with Crippen LogP contribution in [0.2, 0.25) is 0 Å². The fourth-order valence-electron chi connectivity index (χ4n) is 10.5. The van der Waals surface area contributed by atoms with Crippen molar-refractivity contribution in [2.75, 3.05) is 0 Å². The third-order valence-electron chi connectivity index (χ3n) is 14.3. The number of benzene rings is 4. The molecule has 0 bridgehead atoms. The molecule has 6 nitrogen and oxygen atoms in total. The minimum atomic E-state index is -1.36. The van der Waals surface area contributed by atoms with Gasteiger partial charge in [-0.2, -0.15) is 0 Å². The highest BCUT2D eigenvalue weighted by Gasteiger charge is 2.51. The van der Waals surface area contributed by atoms with Crippen LogP contribution in [-0.2, 0) is 9.59 Å². The fourth-order valence-corrected chi connectivity index (χ4v) is 10.5. The first-order chi connectivity index (χ1) is 30.2. The van der Waals surface area contributed by atoms with E-state index in [4.69, 9.17) is 0 Å². The number of hydrogen-bond acceptors (Lipinski definition) is 4. The van der Waals surface area contributed by atoms with Crippen molar-refractivity contribution >= 4 is 33.4 Å². The van der Waals surface area contributed by atoms with E-state index in [-0.39, 0.29) is 11.8 Å². The molecule has 0 saturated heterocycles. The number of amides is 2. The minimum Gasteiger partial charge on any atom is -0.387 e. The van der Waals surface area contributed by atoms with Crippen LogP contribution in [0.1, 0.15) is 211 Å². The fraction of sp³-hybridized carbons (Fsp3) is 0.607. The second kappa shape index (κ2) is 24.9. The van der Waals surface area contributed by atoms with Crippen molar-refractivity contribution in [1.82, 2.24) is 10.6 Å². The Balaban J connectivity index is 1.60. The van der Waals surface area contributed by atoms with Crippen LogP contribution in [0.3, 0.4) is 0 Å². The average molecular weight is 847 g/mol. The molecule has 0 heterocycles. The maximum atomic E-state index is 15.6. The molecule has 0 spiro atoms. The number of hydrogen-bond donors (Lipinski definition) is 4. The third-order valence-corrected chi connectivity index (χ3v) is 14.3. The van der Waals surface area contributed by atoms with Crippen molar-refractivity contribution in [3.05, 3.63) is 96.1 Å². The predicted molar refractivity (Wildman–Crippen MR) is 260 cm³/mol. The zero-order valence-corrected chi connectivity index (χ0v) is 39.1. The van der Waals surface area contributed by atoms with Crippen LogP contribution in [0.4, 0.5) is 0 Å². The summed E-state index contributed by atoms with van der Waals surface area (Å²) in [6.45, 7) is 8.81. The van der Waals surface area contributed by atoms with Crippen LogP contribution >= 0.6 is 0 Å². The summed E-state index contributed by atoms with van der Waals surface area (Å²) >= 11 is 0. The van der Waals surface area contributed by atoms with E-state index < -0.39 is 28.7 Å². The molecule has 0 aromatic heterocycles. The Morgan fingerprint density at radius 3 is 1.18 bits per heavy atom. The van der Waals surface area contributed by atoms with E-state index in [0.29, 0.717) is 38.5 Å². The topological polar surface area (TPSA) is 98.7 Å². The summed E-state index contributed by atoms with van der Waals surface area (Å²) in [5, 5.41) is 37.4. The van der Waals surface area contributed by atoms with Gasteiger partial charge in [0.05, 0.1) is 23.3 Å². The number of unbranched alkanes of at least 4 members (excludes halogenated alkanes) is 12. The van der Waals surface area contributed by atoms with E-state index in [2.05, 4.69) is 86.9 Å². The van der Waals surface area contributed by atoms with Crippen LogP contribution < -0.4 is 10.6 Å². The molecular formula is C56H82N2O4. The number of carbonyl (C=O) groups excluding carboxylic acids is 2. The summed E-state index contributed by atoms with van der Waals surface area (Å²) in [6, 6.07) is 27.5. The van der Waals surface area contributed by atoms with E-state index >= 15 is 9.59 Å². The molecule has 2 amide bonds. The van der Waals surface area contributed by atoms with Crippen molar-refractivity contribution in [2.45, 2.75) is 212 Å². The normalized spacial score (nSPS) is 15.4. The highest BCUT2D eigenvalue weighted by Crippen LogP contribution is 2.44. The Hall–Kier alpha value is -3.74. The number of fused-ring (bicyclic) bond motifs is 2. The predicted octanol–water partition coefficient (Wildman–Crippen LogP) is 14.3. The van der Waals surface area contributed by atoms with Crippen molar-refractivity contribution in [1.29, 1.82) is 0 Å². The maximum absolute atomic E-state index is 15.6. The average Bonchev–Trinajstić information content (AvgIpc) is 3.30. The van der Waals surface area contributed by atoms with Gasteiger partial charge in [0.1, 0.15) is 5.41 Å². The highest BCUT2D eigenvalue weighted by molar-refractivity contribution is 6.06. The first-order valence-electron chi connectivity index (χ1n) is 25.2. The van der Waals surface area contributed by atoms with Crippen molar-refractivity contribution in [3.63, 3.8) is 0 Å². The smallest absolute Gasteiger partial charge is 0.236 e. The van der Waals surface area contributed by atoms with Crippen molar-refractivity contribution in [3.8, 4) is 0 Å². The second-order valence-corrected chi connectivity index (χ2v) is 19.0. The zero-order chi connectivity index (χ0) is 44.3. The minimum absolute atomic E-state index is 0.306. The number of aliphatic hydroxyl groups is 2. The van der Waals surface area contributed by atoms with Crippen LogP contribution in [-0.4, -0.2) is 33.2 Å². The lowest BCUT2D eigenvalue weighted by molar-refractivity contribution is -0.150. The van der Waals surface area contributed by atoms with Crippen molar-refractivity contribution in [2.24, 2.45) is 5.41 Å². The molecular weight excluding hydrogens is 765 g/mol. The van der Waals surface area contributed by atoms with Gasteiger partial charge in [0.2, 0.25) is 11.8 Å². The van der Waals surface area contributed by atoms with E-state index in [0.717, 1.165) is 155 Å². The van der Waals surface area contributed by atoms with Gasteiger partial charge in [-0.1, -0.05) is 235 Å². The first-order valence-corrected chi connectivity index (χ1v) is 25.2. The standard InChI is InChI=1S/C56H82N2O4/c1-5-9-13-24-40-55(61,41-25-14-10-6-2)50(48-36-28-32-44-30-18-20-34-46(44)48)57-52(59)54(38-22-17-23-39-54)53(60)58-51(49-37-29-33-45-31-19-21-35-47(45)49)56(62,42-26-15-11-7-3)43-27-16-12-8-4/h18-21,28-37,50-51,61-62H,5-17,22-27,38-43H2,1-4H3,(H,57,59)(H,58,60)/t50-,51-/m0/s1. The van der Waals surface area contributed by atoms with Gasteiger partial charge in [0.15, 0.2) is 0 Å². The molecule has 340 valence electrons. The molecule has 4 aromatic carbocycles. The Labute approximate surface area is 375 Å². The van der Waals surface area contributed by atoms with Gasteiger partial charge in [-0.25, -0.2) is 0 Å². The molecule has 62 heavy (non-hydrogen) atoms. The van der Waals surface area contributed by atoms with Gasteiger partial charge in [0, 0.05) is 0 Å². The van der Waals surface area contributed by atoms with Crippen LogP contribution in [0, 0.1) is 5.41 Å². The van der Waals surface area contributed by atoms with Crippen LogP contribution in [0.25, 0.3) is 21.5 Å². The Bertz CT molecular complexity index is 1780. The summed E-state index contributed by atoms with van der Waals surface area (Å²) in [6.07, 6.45) is 21.9. The maximum Gasteiger partial charge on any atom is 0.236 e. The molecule has 2 atom stereocenters. The lowest BCUT2D eigenvalue weighted by Crippen LogP contribution is -2.58. The zero-order valence-electron chi connectivity index (χ0n) is 39.1. The molecule has 1 fully saturated rings. The highest BCUT2D eigenvalue weighted by atomic mass is 16.3. The molecule has 1 aliphatic rings. The van der Waals surface area contributed by atoms with E-state index in [1.54, 1.807) is 0 Å². The second-order valence-electron chi connectivity index (χ2n) is 19.0. The number of nitrogens with one attached hydrogen (secondary N) is 2. The van der Waals surface area contributed by atoms with Gasteiger partial charge in [0.25, 0.3) is 0 Å². The Morgan fingerprint density at radius 2 is 0.823 bits per heavy atom. The summed E-state index contributed by atoms with van der Waals surface area (Å²) in [7, 11) is 0. The molecule has 4 aromatic rings. The van der Waals surface area contributed by atoms with E-state index in [1.165, 1.54) is 0 Å². The number of carbonyl (C=O) groups is 2. The largest absolute Gasteiger partial charge is 0.387 e. The van der Waals surface area contributed by atoms with E-state index in [1.807, 2.05) is 36.4 Å². The molecule has 6 heteroatoms. The van der Waals surface area contributed by atoms with Gasteiger partial charge in [-0.05, 0) is 71.2 Å². The molecule has 1 saturated carbocycles. The molecule has 0 unspecified atom stereocenters. The van der Waals surface area contributed by atoms with Gasteiger partial charge in [-0.3, -0.25) is 9.59 Å². The lowest BCUT2D eigenvalue weighted by Gasteiger charge is -2.43. The van der Waals surface area contributed by atoms with Crippen molar-refractivity contribution < 1.29 is 19.8 Å². The molecule has 5 rings (SSSR count). The van der Waals surface area contributed by atoms with Gasteiger partial charge >= 0.3 is 0 Å². The van der Waals surface area contributed by atoms with Gasteiger partial charge in [-0.15, -0.1) is 0 Å². The molecule has 0 aliphatic heterocycles. The van der Waals surface area contributed by atoms with E-state index in [9.17, 15) is 10.2 Å². The summed E-state index contributed by atoms with van der Waals surface area (Å²) in [5.74, 6) is -0.612. The summed E-state index contributed by atoms with van der Waals surface area (Å²) in [5.41, 5.74) is -1.98. The molecule has 1 aliphatic carbocycles. The Kier molecular flexibility index (Phi) is 19.8. The van der Waals surface area contributed by atoms with Crippen LogP contribution in [0.15, 0.2) is 84.9 Å². The summed E-state index contributed by atoms with van der Waals surface area (Å²) in [4.78, 5) is 31.2. The van der Waals surface area contributed by atoms with Crippen LogP contribution in [0.5, 0.6) is 0 Å². The quantitative estimate of drug-likeness (QED) is 0.0338.